The maximum absolute atomic E-state index is 12.1. The highest BCUT2D eigenvalue weighted by Crippen LogP contribution is 2.13. The Bertz CT molecular complexity index is 758. The Morgan fingerprint density at radius 3 is 2.69 bits per heavy atom. The number of rotatable bonds is 6. The van der Waals surface area contributed by atoms with E-state index >= 15 is 0 Å². The Labute approximate surface area is 154 Å². The third-order valence-corrected chi connectivity index (χ3v) is 4.55. The summed E-state index contributed by atoms with van der Waals surface area (Å²) in [4.78, 5) is 24.0. The van der Waals surface area contributed by atoms with Crippen LogP contribution in [0.4, 0.5) is 15.6 Å². The summed E-state index contributed by atoms with van der Waals surface area (Å²) in [5.41, 5.74) is 6.59. The number of nitrogen functional groups attached to an aromatic ring is 1. The minimum Gasteiger partial charge on any atom is -0.376 e. The van der Waals surface area contributed by atoms with Crippen molar-refractivity contribution in [1.29, 1.82) is 0 Å². The predicted molar refractivity (Wildman–Crippen MR) is 97.9 cm³/mol. The number of nitrogens with zero attached hydrogens (tertiary/aromatic N) is 2. The van der Waals surface area contributed by atoms with Gasteiger partial charge in [-0.15, -0.1) is 10.2 Å². The summed E-state index contributed by atoms with van der Waals surface area (Å²) in [6.07, 6.45) is 2.11. The molecule has 10 heteroatoms. The molecule has 1 fully saturated rings. The molecule has 1 saturated heterocycles. The molecule has 1 aromatic carbocycles. The summed E-state index contributed by atoms with van der Waals surface area (Å²) >= 11 is 1.21. The number of nitrogens with two attached hydrogens (primary N) is 1. The summed E-state index contributed by atoms with van der Waals surface area (Å²) in [5, 5.41) is 16.7. The van der Waals surface area contributed by atoms with Gasteiger partial charge in [-0.1, -0.05) is 11.3 Å². The minimum atomic E-state index is -0.380. The molecule has 0 saturated carbocycles. The van der Waals surface area contributed by atoms with Crippen molar-refractivity contribution in [2.24, 2.45) is 0 Å². The predicted octanol–water partition coefficient (Wildman–Crippen LogP) is 1.35. The summed E-state index contributed by atoms with van der Waals surface area (Å²) in [7, 11) is 0. The molecule has 0 bridgehead atoms. The topological polar surface area (TPSA) is 131 Å². The lowest BCUT2D eigenvalue weighted by atomic mass is 10.2. The van der Waals surface area contributed by atoms with Crippen LogP contribution < -0.4 is 21.7 Å². The van der Waals surface area contributed by atoms with Gasteiger partial charge in [0.25, 0.3) is 5.91 Å². The monoisotopic (exact) mass is 376 g/mol. The van der Waals surface area contributed by atoms with Crippen LogP contribution in [0.5, 0.6) is 0 Å². The number of benzene rings is 1. The largest absolute Gasteiger partial charge is 0.376 e. The van der Waals surface area contributed by atoms with Crippen molar-refractivity contribution in [2.45, 2.75) is 25.5 Å². The SMILES string of the molecule is Nc1nnc(CNC(=O)Nc2ccc(C(=O)NCC3CCCO3)cc2)s1. The van der Waals surface area contributed by atoms with E-state index in [-0.39, 0.29) is 24.6 Å². The number of hydrogen-bond donors (Lipinski definition) is 4. The third kappa shape index (κ3) is 5.14. The molecule has 138 valence electrons. The Kier molecular flexibility index (Phi) is 5.97. The van der Waals surface area contributed by atoms with E-state index in [2.05, 4.69) is 26.1 Å². The van der Waals surface area contributed by atoms with Crippen LogP contribution in [-0.4, -0.2) is 41.4 Å². The van der Waals surface area contributed by atoms with Gasteiger partial charge in [-0.2, -0.15) is 0 Å². The molecule has 1 atom stereocenters. The van der Waals surface area contributed by atoms with Crippen molar-refractivity contribution in [3.05, 3.63) is 34.8 Å². The zero-order chi connectivity index (χ0) is 18.4. The number of hydrogen-bond acceptors (Lipinski definition) is 7. The average molecular weight is 376 g/mol. The molecule has 26 heavy (non-hydrogen) atoms. The lowest BCUT2D eigenvalue weighted by Crippen LogP contribution is -2.31. The fourth-order valence-electron chi connectivity index (χ4n) is 2.49. The standard InChI is InChI=1S/C16H20N6O3S/c17-15-22-21-13(26-15)9-19-16(24)20-11-5-3-10(4-6-11)14(23)18-8-12-2-1-7-25-12/h3-6,12H,1-2,7-9H2,(H2,17,22)(H,18,23)(H2,19,20,24). The molecular weight excluding hydrogens is 356 g/mol. The third-order valence-electron chi connectivity index (χ3n) is 3.80. The fourth-order valence-corrected chi connectivity index (χ4v) is 3.04. The molecule has 0 spiro atoms. The highest BCUT2D eigenvalue weighted by molar-refractivity contribution is 7.15. The van der Waals surface area contributed by atoms with Crippen molar-refractivity contribution in [1.82, 2.24) is 20.8 Å². The Hall–Kier alpha value is -2.72. The summed E-state index contributed by atoms with van der Waals surface area (Å²) in [5.74, 6) is -0.162. The summed E-state index contributed by atoms with van der Waals surface area (Å²) in [6.45, 7) is 1.51. The molecule has 3 amide bonds. The normalized spacial score (nSPS) is 16.2. The first-order chi connectivity index (χ1) is 12.6. The molecule has 5 N–H and O–H groups in total. The second kappa shape index (κ2) is 8.59. The molecule has 1 aliphatic rings. The number of anilines is 2. The van der Waals surface area contributed by atoms with Gasteiger partial charge in [0, 0.05) is 24.4 Å². The number of nitrogens with one attached hydrogen (secondary N) is 3. The Morgan fingerprint density at radius 2 is 2.04 bits per heavy atom. The van der Waals surface area contributed by atoms with Gasteiger partial charge in [-0.05, 0) is 37.1 Å². The molecule has 1 unspecified atom stereocenters. The Morgan fingerprint density at radius 1 is 1.23 bits per heavy atom. The highest BCUT2D eigenvalue weighted by Gasteiger charge is 2.16. The van der Waals surface area contributed by atoms with Crippen molar-refractivity contribution >= 4 is 34.1 Å². The smallest absolute Gasteiger partial charge is 0.319 e. The molecular formula is C16H20N6O3S. The maximum atomic E-state index is 12.1. The lowest BCUT2D eigenvalue weighted by molar-refractivity contribution is 0.0858. The van der Waals surface area contributed by atoms with Gasteiger partial charge >= 0.3 is 6.03 Å². The van der Waals surface area contributed by atoms with Gasteiger partial charge in [0.05, 0.1) is 12.6 Å². The van der Waals surface area contributed by atoms with Crippen LogP contribution in [0.25, 0.3) is 0 Å². The second-order valence-corrected chi connectivity index (χ2v) is 6.86. The van der Waals surface area contributed by atoms with Crippen molar-refractivity contribution in [3.8, 4) is 0 Å². The first-order valence-electron chi connectivity index (χ1n) is 8.23. The van der Waals surface area contributed by atoms with Crippen LogP contribution in [0.3, 0.4) is 0 Å². The van der Waals surface area contributed by atoms with Crippen molar-refractivity contribution in [3.63, 3.8) is 0 Å². The maximum Gasteiger partial charge on any atom is 0.319 e. The number of ether oxygens (including phenoxy) is 1. The molecule has 1 aromatic heterocycles. The molecule has 2 heterocycles. The molecule has 0 aliphatic carbocycles. The number of aromatic nitrogens is 2. The summed E-state index contributed by atoms with van der Waals surface area (Å²) in [6, 6.07) is 6.28. The highest BCUT2D eigenvalue weighted by atomic mass is 32.1. The Balaban J connectivity index is 1.44. The van der Waals surface area contributed by atoms with E-state index in [1.165, 1.54) is 11.3 Å². The first-order valence-corrected chi connectivity index (χ1v) is 9.04. The second-order valence-electron chi connectivity index (χ2n) is 5.76. The average Bonchev–Trinajstić information content (AvgIpc) is 3.30. The first kappa shape index (κ1) is 18.1. The zero-order valence-electron chi connectivity index (χ0n) is 14.0. The van der Waals surface area contributed by atoms with E-state index in [1.54, 1.807) is 24.3 Å². The number of carbonyl (C=O) groups excluding carboxylic acids is 2. The van der Waals surface area contributed by atoms with Crippen LogP contribution in [0.2, 0.25) is 0 Å². The fraction of sp³-hybridized carbons (Fsp3) is 0.375. The van der Waals surface area contributed by atoms with Crippen LogP contribution in [0.1, 0.15) is 28.2 Å². The minimum absolute atomic E-state index is 0.104. The van der Waals surface area contributed by atoms with E-state index in [4.69, 9.17) is 10.5 Å². The molecule has 2 aromatic rings. The van der Waals surface area contributed by atoms with E-state index in [0.29, 0.717) is 27.9 Å². The molecule has 0 radical (unpaired) electrons. The van der Waals surface area contributed by atoms with Crippen LogP contribution in [0.15, 0.2) is 24.3 Å². The summed E-state index contributed by atoms with van der Waals surface area (Å²) < 4.78 is 5.47. The molecule has 9 nitrogen and oxygen atoms in total. The van der Waals surface area contributed by atoms with E-state index in [0.717, 1.165) is 19.4 Å². The molecule has 1 aliphatic heterocycles. The van der Waals surface area contributed by atoms with E-state index < -0.39 is 0 Å². The van der Waals surface area contributed by atoms with Gasteiger partial charge in [0.2, 0.25) is 5.13 Å². The van der Waals surface area contributed by atoms with E-state index in [1.807, 2.05) is 0 Å². The van der Waals surface area contributed by atoms with Gasteiger partial charge in [-0.3, -0.25) is 4.79 Å². The van der Waals surface area contributed by atoms with Crippen LogP contribution in [-0.2, 0) is 11.3 Å². The van der Waals surface area contributed by atoms with E-state index in [9.17, 15) is 9.59 Å². The van der Waals surface area contributed by atoms with Crippen LogP contribution in [0, 0.1) is 0 Å². The van der Waals surface area contributed by atoms with Gasteiger partial charge in [-0.25, -0.2) is 4.79 Å². The lowest BCUT2D eigenvalue weighted by Gasteiger charge is -2.11. The van der Waals surface area contributed by atoms with Gasteiger partial charge in [0.15, 0.2) is 0 Å². The van der Waals surface area contributed by atoms with Crippen molar-refractivity contribution in [2.75, 3.05) is 24.2 Å². The number of urea groups is 1. The van der Waals surface area contributed by atoms with Crippen molar-refractivity contribution < 1.29 is 14.3 Å². The number of amides is 3. The quantitative estimate of drug-likeness (QED) is 0.602. The van der Waals surface area contributed by atoms with Crippen LogP contribution >= 0.6 is 11.3 Å². The van der Waals surface area contributed by atoms with Gasteiger partial charge < -0.3 is 26.4 Å². The van der Waals surface area contributed by atoms with Gasteiger partial charge in [0.1, 0.15) is 5.01 Å². The number of carbonyl (C=O) groups is 2. The molecule has 3 rings (SSSR count). The zero-order valence-corrected chi connectivity index (χ0v) is 14.8.